The highest BCUT2D eigenvalue weighted by atomic mass is 16.2. The number of nitrogens with one attached hydrogen (secondary N) is 1. The van der Waals surface area contributed by atoms with Gasteiger partial charge in [-0.2, -0.15) is 9.69 Å². The van der Waals surface area contributed by atoms with E-state index in [0.29, 0.717) is 29.4 Å². The summed E-state index contributed by atoms with van der Waals surface area (Å²) in [5.41, 5.74) is 1.96. The van der Waals surface area contributed by atoms with E-state index >= 15 is 0 Å². The Bertz CT molecular complexity index is 974. The molecular formula is C20H27N5O3. The number of hydrogen-bond donors (Lipinski definition) is 1. The maximum Gasteiger partial charge on any atom is 0.348 e. The molecular weight excluding hydrogens is 358 g/mol. The molecule has 2 amide bonds. The molecule has 2 aliphatic rings. The first kappa shape index (κ1) is 18.7. The van der Waals surface area contributed by atoms with Gasteiger partial charge in [0.05, 0.1) is 11.0 Å². The number of imidazole rings is 1. The number of carbonyl (C=O) groups excluding carboxylic acids is 2. The van der Waals surface area contributed by atoms with Crippen molar-refractivity contribution < 1.29 is 9.59 Å². The number of aryl methyl sites for hydroxylation is 1. The van der Waals surface area contributed by atoms with Crippen LogP contribution in [-0.4, -0.2) is 46.7 Å². The third kappa shape index (κ3) is 3.01. The average molecular weight is 385 g/mol. The van der Waals surface area contributed by atoms with Crippen molar-refractivity contribution in [2.45, 2.75) is 39.2 Å². The number of carbonyl (C=O) groups is 2. The molecule has 8 heteroatoms. The van der Waals surface area contributed by atoms with Gasteiger partial charge in [0.1, 0.15) is 0 Å². The summed E-state index contributed by atoms with van der Waals surface area (Å²) < 4.78 is 2.74. The molecule has 0 saturated carbocycles. The maximum atomic E-state index is 12.9. The highest BCUT2D eigenvalue weighted by Crippen LogP contribution is 2.24. The molecule has 1 aromatic heterocycles. The lowest BCUT2D eigenvalue weighted by Gasteiger charge is -2.37. The molecule has 3 heterocycles. The standard InChI is InChI=1S/C20H27N5O3/c1-13(2)15-12-23(10-9-21-15)14-7-8-16-17(11-14)22(3)20(28)24(16)25-18(26)5-4-6-19(25)27/h7-8,11,13,15,21H,4-6,9-10,12H2,1-3H3/t15-/m0/s1. The lowest BCUT2D eigenvalue weighted by Crippen LogP contribution is -2.53. The van der Waals surface area contributed by atoms with Crippen LogP contribution in [0.4, 0.5) is 5.69 Å². The van der Waals surface area contributed by atoms with Gasteiger partial charge in [0.25, 0.3) is 0 Å². The normalized spacial score (nSPS) is 21.2. The zero-order chi connectivity index (χ0) is 20.0. The topological polar surface area (TPSA) is 79.6 Å². The van der Waals surface area contributed by atoms with E-state index in [1.54, 1.807) is 7.05 Å². The van der Waals surface area contributed by atoms with Crippen molar-refractivity contribution in [1.29, 1.82) is 0 Å². The Morgan fingerprint density at radius 2 is 1.79 bits per heavy atom. The van der Waals surface area contributed by atoms with E-state index in [1.807, 2.05) is 18.2 Å². The summed E-state index contributed by atoms with van der Waals surface area (Å²) in [6.45, 7) is 7.13. The molecule has 4 rings (SSSR count). The molecule has 0 radical (unpaired) electrons. The Hall–Kier alpha value is -2.61. The van der Waals surface area contributed by atoms with E-state index in [-0.39, 0.29) is 30.3 Å². The predicted molar refractivity (Wildman–Crippen MR) is 108 cm³/mol. The lowest BCUT2D eigenvalue weighted by atomic mass is 10.0. The molecule has 2 saturated heterocycles. The molecule has 2 fully saturated rings. The van der Waals surface area contributed by atoms with Crippen LogP contribution in [0.3, 0.4) is 0 Å². The van der Waals surface area contributed by atoms with E-state index in [1.165, 1.54) is 9.24 Å². The lowest BCUT2D eigenvalue weighted by molar-refractivity contribution is -0.131. The summed E-state index contributed by atoms with van der Waals surface area (Å²) in [5, 5.41) is 4.57. The van der Waals surface area contributed by atoms with Gasteiger partial charge in [-0.1, -0.05) is 13.8 Å². The number of amides is 2. The van der Waals surface area contributed by atoms with Crippen molar-refractivity contribution in [2.24, 2.45) is 13.0 Å². The number of benzene rings is 1. The van der Waals surface area contributed by atoms with Gasteiger partial charge >= 0.3 is 5.69 Å². The highest BCUT2D eigenvalue weighted by Gasteiger charge is 2.31. The number of anilines is 1. The molecule has 0 spiro atoms. The number of aromatic nitrogens is 2. The fourth-order valence-corrected chi connectivity index (χ4v) is 4.12. The monoisotopic (exact) mass is 385 g/mol. The van der Waals surface area contributed by atoms with E-state index in [9.17, 15) is 14.4 Å². The van der Waals surface area contributed by atoms with Crippen LogP contribution >= 0.6 is 0 Å². The number of nitrogens with zero attached hydrogens (tertiary/aromatic N) is 4. The number of piperazine rings is 1. The minimum Gasteiger partial charge on any atom is -0.369 e. The average Bonchev–Trinajstić information content (AvgIpc) is 2.93. The smallest absolute Gasteiger partial charge is 0.348 e. The second kappa shape index (κ2) is 7.09. The van der Waals surface area contributed by atoms with Gasteiger partial charge in [0.2, 0.25) is 11.8 Å². The van der Waals surface area contributed by atoms with Gasteiger partial charge in [-0.15, -0.1) is 0 Å². The summed E-state index contributed by atoms with van der Waals surface area (Å²) in [6.07, 6.45) is 1.10. The number of imide groups is 1. The molecule has 0 aliphatic carbocycles. The second-order valence-electron chi connectivity index (χ2n) is 8.03. The Kier molecular flexibility index (Phi) is 4.74. The number of hydrogen-bond acceptors (Lipinski definition) is 5. The maximum absolute atomic E-state index is 12.9. The third-order valence-corrected chi connectivity index (χ3v) is 5.85. The fraction of sp³-hybridized carbons (Fsp3) is 0.550. The SMILES string of the molecule is CC(C)[C@@H]1CN(c2ccc3c(c2)n(C)c(=O)n3N2C(=O)CCCC2=O)CCN1. The van der Waals surface area contributed by atoms with Crippen molar-refractivity contribution >= 4 is 28.5 Å². The van der Waals surface area contributed by atoms with Gasteiger partial charge in [0.15, 0.2) is 0 Å². The van der Waals surface area contributed by atoms with Crippen LogP contribution in [0, 0.1) is 5.92 Å². The van der Waals surface area contributed by atoms with E-state index in [4.69, 9.17) is 0 Å². The Morgan fingerprint density at radius 3 is 2.46 bits per heavy atom. The van der Waals surface area contributed by atoms with Crippen LogP contribution in [0.15, 0.2) is 23.0 Å². The Morgan fingerprint density at radius 1 is 1.07 bits per heavy atom. The Balaban J connectivity index is 1.76. The minimum absolute atomic E-state index is 0.282. The first-order valence-corrected chi connectivity index (χ1v) is 9.94. The summed E-state index contributed by atoms with van der Waals surface area (Å²) in [6, 6.07) is 6.21. The summed E-state index contributed by atoms with van der Waals surface area (Å²) >= 11 is 0. The van der Waals surface area contributed by atoms with Gasteiger partial charge in [-0.05, 0) is 30.5 Å². The number of piperidine rings is 1. The van der Waals surface area contributed by atoms with Crippen molar-refractivity contribution in [2.75, 3.05) is 29.5 Å². The number of fused-ring (bicyclic) bond motifs is 1. The van der Waals surface area contributed by atoms with E-state index < -0.39 is 0 Å². The van der Waals surface area contributed by atoms with E-state index in [0.717, 1.165) is 30.3 Å². The molecule has 2 aliphatic heterocycles. The van der Waals surface area contributed by atoms with Crippen molar-refractivity contribution in [3.05, 3.63) is 28.7 Å². The van der Waals surface area contributed by atoms with Crippen LogP contribution in [0.5, 0.6) is 0 Å². The van der Waals surface area contributed by atoms with Crippen LogP contribution in [0.25, 0.3) is 11.0 Å². The van der Waals surface area contributed by atoms with Crippen LogP contribution < -0.4 is 20.9 Å². The zero-order valence-electron chi connectivity index (χ0n) is 16.6. The van der Waals surface area contributed by atoms with Crippen LogP contribution in [0.2, 0.25) is 0 Å². The van der Waals surface area contributed by atoms with E-state index in [2.05, 4.69) is 24.1 Å². The number of rotatable bonds is 3. The molecule has 1 atom stereocenters. The van der Waals surface area contributed by atoms with Gasteiger partial charge in [-0.25, -0.2) is 4.79 Å². The summed E-state index contributed by atoms with van der Waals surface area (Å²) in [5.74, 6) is -0.110. The zero-order valence-corrected chi connectivity index (χ0v) is 16.6. The molecule has 0 bridgehead atoms. The predicted octanol–water partition coefficient (Wildman–Crippen LogP) is 0.949. The molecule has 8 nitrogen and oxygen atoms in total. The van der Waals surface area contributed by atoms with Crippen molar-refractivity contribution in [1.82, 2.24) is 14.6 Å². The van der Waals surface area contributed by atoms with Gasteiger partial charge in [-0.3, -0.25) is 14.2 Å². The van der Waals surface area contributed by atoms with Crippen LogP contribution in [-0.2, 0) is 16.6 Å². The fourth-order valence-electron chi connectivity index (χ4n) is 4.12. The highest BCUT2D eigenvalue weighted by molar-refractivity contribution is 6.11. The van der Waals surface area contributed by atoms with Crippen molar-refractivity contribution in [3.63, 3.8) is 0 Å². The molecule has 1 N–H and O–H groups in total. The van der Waals surface area contributed by atoms with Gasteiger partial charge in [0, 0.05) is 51.3 Å². The second-order valence-corrected chi connectivity index (χ2v) is 8.03. The summed E-state index contributed by atoms with van der Waals surface area (Å²) in [7, 11) is 1.68. The first-order valence-electron chi connectivity index (χ1n) is 9.94. The van der Waals surface area contributed by atoms with Crippen molar-refractivity contribution in [3.8, 4) is 0 Å². The third-order valence-electron chi connectivity index (χ3n) is 5.85. The quantitative estimate of drug-likeness (QED) is 0.796. The Labute approximate surface area is 163 Å². The molecule has 1 aromatic carbocycles. The molecule has 28 heavy (non-hydrogen) atoms. The first-order chi connectivity index (χ1) is 13.4. The largest absolute Gasteiger partial charge is 0.369 e. The van der Waals surface area contributed by atoms with Crippen LogP contribution in [0.1, 0.15) is 33.1 Å². The molecule has 0 unspecified atom stereocenters. The molecule has 150 valence electrons. The summed E-state index contributed by atoms with van der Waals surface area (Å²) in [4.78, 5) is 39.9. The minimum atomic E-state index is -0.379. The molecule has 2 aromatic rings. The van der Waals surface area contributed by atoms with Gasteiger partial charge < -0.3 is 10.2 Å².